The Hall–Kier alpha value is -2.68. The number of nitrogens with zero attached hydrogens (tertiary/aromatic N) is 1. The van der Waals surface area contributed by atoms with Crippen LogP contribution < -0.4 is 20.1 Å². The van der Waals surface area contributed by atoms with Crippen LogP contribution in [-0.4, -0.2) is 18.7 Å². The van der Waals surface area contributed by atoms with E-state index in [2.05, 4.69) is 10.6 Å². The molecule has 1 atom stereocenters. The standard InChI is InChI=1S/C16H19N3O3/c1-3-11(2)19-16(20)13(7-17)9-18-8-12-4-5-14-15(6-12)22-10-21-14/h4-6,9,11,18H,3,8,10H2,1-2H3,(H,19,20)/b13-9-. The van der Waals surface area contributed by atoms with Crippen molar-refractivity contribution < 1.29 is 14.3 Å². The average molecular weight is 301 g/mol. The van der Waals surface area contributed by atoms with E-state index >= 15 is 0 Å². The van der Waals surface area contributed by atoms with Gasteiger partial charge in [-0.05, 0) is 31.0 Å². The SMILES string of the molecule is CCC(C)NC(=O)/C(C#N)=C\NCc1ccc2c(c1)OCO2. The van der Waals surface area contributed by atoms with Crippen molar-refractivity contribution in [1.29, 1.82) is 5.26 Å². The Balaban J connectivity index is 1.92. The van der Waals surface area contributed by atoms with E-state index in [0.717, 1.165) is 17.7 Å². The van der Waals surface area contributed by atoms with Gasteiger partial charge in [0, 0.05) is 18.8 Å². The molecule has 0 saturated heterocycles. The van der Waals surface area contributed by atoms with Crippen molar-refractivity contribution in [3.8, 4) is 17.6 Å². The van der Waals surface area contributed by atoms with Gasteiger partial charge in [0.05, 0.1) is 0 Å². The van der Waals surface area contributed by atoms with E-state index < -0.39 is 0 Å². The molecule has 116 valence electrons. The smallest absolute Gasteiger partial charge is 0.263 e. The van der Waals surface area contributed by atoms with Gasteiger partial charge in [-0.15, -0.1) is 0 Å². The predicted octanol–water partition coefficient (Wildman–Crippen LogP) is 1.83. The number of carbonyl (C=O) groups is 1. The summed E-state index contributed by atoms with van der Waals surface area (Å²) in [5.74, 6) is 1.07. The van der Waals surface area contributed by atoms with Crippen molar-refractivity contribution in [3.63, 3.8) is 0 Å². The summed E-state index contributed by atoms with van der Waals surface area (Å²) in [5.41, 5.74) is 1.03. The molecular formula is C16H19N3O3. The number of benzene rings is 1. The molecule has 22 heavy (non-hydrogen) atoms. The Morgan fingerprint density at radius 2 is 2.23 bits per heavy atom. The van der Waals surface area contributed by atoms with E-state index in [1.54, 1.807) is 0 Å². The zero-order chi connectivity index (χ0) is 15.9. The van der Waals surface area contributed by atoms with Gasteiger partial charge in [0.15, 0.2) is 11.5 Å². The fraction of sp³-hybridized carbons (Fsp3) is 0.375. The number of rotatable bonds is 6. The molecule has 1 aliphatic rings. The van der Waals surface area contributed by atoms with Crippen LogP contribution in [0.15, 0.2) is 30.0 Å². The minimum Gasteiger partial charge on any atom is -0.454 e. The molecule has 1 unspecified atom stereocenters. The molecule has 1 amide bonds. The number of amides is 1. The van der Waals surface area contributed by atoms with Gasteiger partial charge in [-0.2, -0.15) is 5.26 Å². The van der Waals surface area contributed by atoms with Gasteiger partial charge in [0.2, 0.25) is 6.79 Å². The van der Waals surface area contributed by atoms with E-state index in [1.165, 1.54) is 6.20 Å². The van der Waals surface area contributed by atoms with Crippen LogP contribution in [0.2, 0.25) is 0 Å². The van der Waals surface area contributed by atoms with Crippen molar-refractivity contribution in [2.24, 2.45) is 0 Å². The van der Waals surface area contributed by atoms with Gasteiger partial charge in [0.1, 0.15) is 11.6 Å². The van der Waals surface area contributed by atoms with Gasteiger partial charge in [-0.3, -0.25) is 4.79 Å². The lowest BCUT2D eigenvalue weighted by Crippen LogP contribution is -2.33. The van der Waals surface area contributed by atoms with Crippen LogP contribution >= 0.6 is 0 Å². The molecule has 1 aromatic rings. The molecule has 0 radical (unpaired) electrons. The first-order chi connectivity index (χ1) is 10.6. The minimum atomic E-state index is -0.366. The Kier molecular flexibility index (Phi) is 5.26. The van der Waals surface area contributed by atoms with Gasteiger partial charge >= 0.3 is 0 Å². The van der Waals surface area contributed by atoms with Crippen LogP contribution in [0, 0.1) is 11.3 Å². The summed E-state index contributed by atoms with van der Waals surface area (Å²) in [6, 6.07) is 7.55. The van der Waals surface area contributed by atoms with Crippen molar-refractivity contribution >= 4 is 5.91 Å². The zero-order valence-corrected chi connectivity index (χ0v) is 12.7. The topological polar surface area (TPSA) is 83.4 Å². The van der Waals surface area contributed by atoms with Gasteiger partial charge in [-0.1, -0.05) is 13.0 Å². The Labute approximate surface area is 129 Å². The Bertz CT molecular complexity index is 620. The van der Waals surface area contributed by atoms with Crippen LogP contribution in [0.4, 0.5) is 0 Å². The quantitative estimate of drug-likeness (QED) is 0.618. The van der Waals surface area contributed by atoms with Gasteiger partial charge in [-0.25, -0.2) is 0 Å². The van der Waals surface area contributed by atoms with E-state index in [1.807, 2.05) is 38.1 Å². The monoisotopic (exact) mass is 301 g/mol. The molecule has 0 saturated carbocycles. The number of hydrogen-bond donors (Lipinski definition) is 2. The number of nitriles is 1. The largest absolute Gasteiger partial charge is 0.454 e. The molecule has 0 fully saturated rings. The summed E-state index contributed by atoms with van der Waals surface area (Å²) < 4.78 is 10.5. The summed E-state index contributed by atoms with van der Waals surface area (Å²) in [5, 5.41) is 14.8. The molecular weight excluding hydrogens is 282 g/mol. The number of ether oxygens (including phenoxy) is 2. The number of fused-ring (bicyclic) bond motifs is 1. The summed E-state index contributed by atoms with van der Waals surface area (Å²) in [6.45, 7) is 4.59. The third-order valence-corrected chi connectivity index (χ3v) is 3.34. The van der Waals surface area contributed by atoms with Crippen molar-refractivity contribution in [1.82, 2.24) is 10.6 Å². The molecule has 0 spiro atoms. The summed E-state index contributed by atoms with van der Waals surface area (Å²) in [4.78, 5) is 11.9. The molecule has 6 heteroatoms. The minimum absolute atomic E-state index is 0.0399. The van der Waals surface area contributed by atoms with Crippen LogP contribution in [0.1, 0.15) is 25.8 Å². The van der Waals surface area contributed by atoms with Crippen molar-refractivity contribution in [3.05, 3.63) is 35.5 Å². The van der Waals surface area contributed by atoms with Gasteiger partial charge in [0.25, 0.3) is 5.91 Å². The lowest BCUT2D eigenvalue weighted by Gasteiger charge is -2.10. The number of hydrogen-bond acceptors (Lipinski definition) is 5. The first-order valence-electron chi connectivity index (χ1n) is 7.17. The van der Waals surface area contributed by atoms with E-state index in [4.69, 9.17) is 14.7 Å². The average Bonchev–Trinajstić information content (AvgIpc) is 2.98. The highest BCUT2D eigenvalue weighted by atomic mass is 16.7. The van der Waals surface area contributed by atoms with Crippen LogP contribution in [-0.2, 0) is 11.3 Å². The highest BCUT2D eigenvalue weighted by Gasteiger charge is 2.13. The normalized spacial score (nSPS) is 14.1. The first kappa shape index (κ1) is 15.7. The third kappa shape index (κ3) is 3.92. The lowest BCUT2D eigenvalue weighted by atomic mass is 10.2. The lowest BCUT2D eigenvalue weighted by molar-refractivity contribution is -0.117. The number of carbonyl (C=O) groups excluding carboxylic acids is 1. The molecule has 0 aliphatic carbocycles. The van der Waals surface area contributed by atoms with E-state index in [9.17, 15) is 4.79 Å². The fourth-order valence-corrected chi connectivity index (χ4v) is 1.87. The first-order valence-corrected chi connectivity index (χ1v) is 7.17. The third-order valence-electron chi connectivity index (χ3n) is 3.34. The highest BCUT2D eigenvalue weighted by molar-refractivity contribution is 5.97. The maximum absolute atomic E-state index is 11.9. The predicted molar refractivity (Wildman–Crippen MR) is 81.0 cm³/mol. The molecule has 1 aromatic carbocycles. The summed E-state index contributed by atoms with van der Waals surface area (Å²) in [6.07, 6.45) is 2.25. The Morgan fingerprint density at radius 1 is 1.45 bits per heavy atom. The van der Waals surface area contributed by atoms with Gasteiger partial charge < -0.3 is 20.1 Å². The second-order valence-electron chi connectivity index (χ2n) is 5.02. The fourth-order valence-electron chi connectivity index (χ4n) is 1.87. The molecule has 2 rings (SSSR count). The molecule has 1 heterocycles. The molecule has 0 aromatic heterocycles. The van der Waals surface area contributed by atoms with Crippen LogP contribution in [0.3, 0.4) is 0 Å². The second-order valence-corrected chi connectivity index (χ2v) is 5.02. The molecule has 2 N–H and O–H groups in total. The van der Waals surface area contributed by atoms with E-state index in [-0.39, 0.29) is 24.3 Å². The van der Waals surface area contributed by atoms with Crippen LogP contribution in [0.25, 0.3) is 0 Å². The molecule has 0 bridgehead atoms. The van der Waals surface area contributed by atoms with Crippen molar-refractivity contribution in [2.45, 2.75) is 32.9 Å². The van der Waals surface area contributed by atoms with E-state index in [0.29, 0.717) is 12.3 Å². The number of nitrogens with one attached hydrogen (secondary N) is 2. The van der Waals surface area contributed by atoms with Crippen LogP contribution in [0.5, 0.6) is 11.5 Å². The maximum atomic E-state index is 11.9. The van der Waals surface area contributed by atoms with Crippen molar-refractivity contribution in [2.75, 3.05) is 6.79 Å². The zero-order valence-electron chi connectivity index (χ0n) is 12.7. The molecule has 1 aliphatic heterocycles. The highest BCUT2D eigenvalue weighted by Crippen LogP contribution is 2.32. The summed E-state index contributed by atoms with van der Waals surface area (Å²) in [7, 11) is 0. The Morgan fingerprint density at radius 3 is 2.95 bits per heavy atom. The summed E-state index contributed by atoms with van der Waals surface area (Å²) >= 11 is 0. The molecule has 6 nitrogen and oxygen atoms in total. The second kappa shape index (κ2) is 7.36. The maximum Gasteiger partial charge on any atom is 0.263 e.